The van der Waals surface area contributed by atoms with Crippen molar-refractivity contribution in [3.63, 3.8) is 0 Å². The van der Waals surface area contributed by atoms with E-state index in [1.807, 2.05) is 30.3 Å². The molecule has 19 heavy (non-hydrogen) atoms. The fraction of sp³-hybridized carbons (Fsp3) is 0.333. The third-order valence-electron chi connectivity index (χ3n) is 3.00. The van der Waals surface area contributed by atoms with Crippen LogP contribution in [0, 0.1) is 5.92 Å². The molecule has 1 heterocycles. The standard InChI is InChI=1S/C15H16O4/c1-4-11(10-8-6-5-7-9-10)12-13(16)18-15(2,3)19-14(12)17/h4-9,11-12H,1H2,2-3H3/t11-/m1/s1. The predicted molar refractivity (Wildman–Crippen MR) is 69.1 cm³/mol. The molecule has 0 amide bonds. The van der Waals surface area contributed by atoms with E-state index in [1.165, 1.54) is 13.8 Å². The van der Waals surface area contributed by atoms with Crippen LogP contribution < -0.4 is 0 Å². The van der Waals surface area contributed by atoms with Crippen molar-refractivity contribution in [3.05, 3.63) is 48.6 Å². The number of carbonyl (C=O) groups excluding carboxylic acids is 2. The lowest BCUT2D eigenvalue weighted by Crippen LogP contribution is -2.48. The Morgan fingerprint density at radius 2 is 1.68 bits per heavy atom. The Bertz CT molecular complexity index is 484. The van der Waals surface area contributed by atoms with E-state index in [0.717, 1.165) is 5.56 Å². The van der Waals surface area contributed by atoms with Crippen LogP contribution in [0.25, 0.3) is 0 Å². The van der Waals surface area contributed by atoms with Crippen LogP contribution in [0.3, 0.4) is 0 Å². The highest BCUT2D eigenvalue weighted by molar-refractivity contribution is 5.98. The van der Waals surface area contributed by atoms with Crippen LogP contribution in [0.2, 0.25) is 0 Å². The maximum atomic E-state index is 12.0. The topological polar surface area (TPSA) is 52.6 Å². The lowest BCUT2D eigenvalue weighted by molar-refractivity contribution is -0.240. The number of cyclic esters (lactones) is 2. The summed E-state index contributed by atoms with van der Waals surface area (Å²) in [4.78, 5) is 24.0. The summed E-state index contributed by atoms with van der Waals surface area (Å²) >= 11 is 0. The van der Waals surface area contributed by atoms with E-state index in [9.17, 15) is 9.59 Å². The van der Waals surface area contributed by atoms with E-state index >= 15 is 0 Å². The lowest BCUT2D eigenvalue weighted by atomic mass is 9.85. The summed E-state index contributed by atoms with van der Waals surface area (Å²) in [7, 11) is 0. The smallest absolute Gasteiger partial charge is 0.324 e. The van der Waals surface area contributed by atoms with Gasteiger partial charge in [-0.15, -0.1) is 6.58 Å². The maximum absolute atomic E-state index is 12.0. The molecule has 4 heteroatoms. The third kappa shape index (κ3) is 2.67. The minimum Gasteiger partial charge on any atom is -0.422 e. The molecule has 0 unspecified atom stereocenters. The van der Waals surface area contributed by atoms with Crippen LogP contribution in [0.1, 0.15) is 25.3 Å². The molecule has 4 nitrogen and oxygen atoms in total. The van der Waals surface area contributed by atoms with Crippen molar-refractivity contribution in [2.75, 3.05) is 0 Å². The fourth-order valence-electron chi connectivity index (χ4n) is 2.16. The van der Waals surface area contributed by atoms with Gasteiger partial charge in [0, 0.05) is 19.8 Å². The number of carbonyl (C=O) groups is 2. The molecule has 1 aromatic carbocycles. The second-order valence-electron chi connectivity index (χ2n) is 4.89. The molecule has 100 valence electrons. The van der Waals surface area contributed by atoms with Gasteiger partial charge in [0.25, 0.3) is 5.79 Å². The first kappa shape index (κ1) is 13.3. The van der Waals surface area contributed by atoms with Crippen LogP contribution in [-0.2, 0) is 19.1 Å². The molecule has 1 aliphatic heterocycles. The average Bonchev–Trinajstić information content (AvgIpc) is 2.33. The molecular formula is C15H16O4. The summed E-state index contributed by atoms with van der Waals surface area (Å²) in [6.07, 6.45) is 1.57. The molecule has 0 bridgehead atoms. The number of benzene rings is 1. The van der Waals surface area contributed by atoms with Gasteiger partial charge < -0.3 is 9.47 Å². The normalized spacial score (nSPS) is 20.3. The van der Waals surface area contributed by atoms with Gasteiger partial charge in [-0.25, -0.2) is 0 Å². The van der Waals surface area contributed by atoms with Gasteiger partial charge in [0.1, 0.15) is 0 Å². The molecule has 0 aliphatic carbocycles. The van der Waals surface area contributed by atoms with E-state index in [4.69, 9.17) is 9.47 Å². The number of hydrogen-bond acceptors (Lipinski definition) is 4. The summed E-state index contributed by atoms with van der Waals surface area (Å²) in [5, 5.41) is 0. The average molecular weight is 260 g/mol. The van der Waals surface area contributed by atoms with Gasteiger partial charge in [-0.2, -0.15) is 0 Å². The monoisotopic (exact) mass is 260 g/mol. The minimum atomic E-state index is -1.20. The molecule has 1 atom stereocenters. The number of hydrogen-bond donors (Lipinski definition) is 0. The number of esters is 2. The van der Waals surface area contributed by atoms with Crippen molar-refractivity contribution in [2.24, 2.45) is 5.92 Å². The number of ether oxygens (including phenoxy) is 2. The zero-order chi connectivity index (χ0) is 14.0. The Balaban J connectivity index is 2.32. The quantitative estimate of drug-likeness (QED) is 0.476. The summed E-state index contributed by atoms with van der Waals surface area (Å²) in [5.74, 6) is -3.79. The van der Waals surface area contributed by atoms with Crippen molar-refractivity contribution in [1.29, 1.82) is 0 Å². The SMILES string of the molecule is C=C[C@H](c1ccccc1)C1C(=O)OC(C)(C)OC1=O. The minimum absolute atomic E-state index is 0.447. The first-order valence-corrected chi connectivity index (χ1v) is 6.08. The lowest BCUT2D eigenvalue weighted by Gasteiger charge is -2.35. The Labute approximate surface area is 112 Å². The molecular weight excluding hydrogens is 244 g/mol. The van der Waals surface area contributed by atoms with Crippen LogP contribution in [0.4, 0.5) is 0 Å². The highest BCUT2D eigenvalue weighted by Crippen LogP contribution is 2.33. The summed E-state index contributed by atoms with van der Waals surface area (Å²) < 4.78 is 10.3. The third-order valence-corrected chi connectivity index (χ3v) is 3.00. The largest absolute Gasteiger partial charge is 0.422 e. The molecule has 1 fully saturated rings. The van der Waals surface area contributed by atoms with Crippen LogP contribution >= 0.6 is 0 Å². The molecule has 1 saturated heterocycles. The van der Waals surface area contributed by atoms with Gasteiger partial charge in [-0.3, -0.25) is 9.59 Å². The maximum Gasteiger partial charge on any atom is 0.324 e. The zero-order valence-electron chi connectivity index (χ0n) is 11.0. The van der Waals surface area contributed by atoms with Gasteiger partial charge >= 0.3 is 11.9 Å². The van der Waals surface area contributed by atoms with E-state index in [1.54, 1.807) is 6.08 Å². The first-order chi connectivity index (χ1) is 8.94. The second-order valence-corrected chi connectivity index (χ2v) is 4.89. The zero-order valence-corrected chi connectivity index (χ0v) is 11.0. The fourth-order valence-corrected chi connectivity index (χ4v) is 2.16. The number of rotatable bonds is 3. The van der Waals surface area contributed by atoms with Crippen LogP contribution in [0.15, 0.2) is 43.0 Å². The highest BCUT2D eigenvalue weighted by Gasteiger charge is 2.46. The molecule has 2 rings (SSSR count). The van der Waals surface area contributed by atoms with E-state index in [2.05, 4.69) is 6.58 Å². The van der Waals surface area contributed by atoms with Crippen molar-refractivity contribution in [3.8, 4) is 0 Å². The summed E-state index contributed by atoms with van der Waals surface area (Å²) in [6, 6.07) is 9.23. The van der Waals surface area contributed by atoms with Crippen molar-refractivity contribution < 1.29 is 19.1 Å². The van der Waals surface area contributed by atoms with Crippen LogP contribution in [0.5, 0.6) is 0 Å². The van der Waals surface area contributed by atoms with Crippen LogP contribution in [-0.4, -0.2) is 17.7 Å². The van der Waals surface area contributed by atoms with Crippen molar-refractivity contribution >= 4 is 11.9 Å². The summed E-state index contributed by atoms with van der Waals surface area (Å²) in [6.45, 7) is 6.77. The molecule has 0 spiro atoms. The van der Waals surface area contributed by atoms with Gasteiger partial charge in [0.05, 0.1) is 0 Å². The van der Waals surface area contributed by atoms with Crippen molar-refractivity contribution in [2.45, 2.75) is 25.6 Å². The molecule has 0 aromatic heterocycles. The Morgan fingerprint density at radius 1 is 1.16 bits per heavy atom. The van der Waals surface area contributed by atoms with E-state index < -0.39 is 29.6 Å². The molecule has 0 saturated carbocycles. The predicted octanol–water partition coefficient (Wildman–Crippen LogP) is 2.41. The van der Waals surface area contributed by atoms with Gasteiger partial charge in [0.15, 0.2) is 5.92 Å². The summed E-state index contributed by atoms with van der Waals surface area (Å²) in [5.41, 5.74) is 0.830. The van der Waals surface area contributed by atoms with Gasteiger partial charge in [-0.1, -0.05) is 36.4 Å². The Hall–Kier alpha value is -2.10. The molecule has 0 N–H and O–H groups in total. The molecule has 0 radical (unpaired) electrons. The number of allylic oxidation sites excluding steroid dienone is 1. The van der Waals surface area contributed by atoms with Gasteiger partial charge in [0.2, 0.25) is 0 Å². The Morgan fingerprint density at radius 3 is 2.16 bits per heavy atom. The second kappa shape index (κ2) is 4.88. The van der Waals surface area contributed by atoms with E-state index in [-0.39, 0.29) is 0 Å². The Kier molecular flexibility index (Phi) is 3.42. The highest BCUT2D eigenvalue weighted by atomic mass is 16.7. The molecule has 1 aliphatic rings. The van der Waals surface area contributed by atoms with E-state index in [0.29, 0.717) is 0 Å². The molecule has 1 aromatic rings. The van der Waals surface area contributed by atoms with Crippen molar-refractivity contribution in [1.82, 2.24) is 0 Å². The first-order valence-electron chi connectivity index (χ1n) is 6.08. The van der Waals surface area contributed by atoms with Gasteiger partial charge in [-0.05, 0) is 5.56 Å².